The van der Waals surface area contributed by atoms with Crippen LogP contribution in [0.2, 0.25) is 0 Å². The summed E-state index contributed by atoms with van der Waals surface area (Å²) in [6.07, 6.45) is 2.47. The molecule has 2 fully saturated rings. The normalized spacial score (nSPS) is 29.4. The Hall–Kier alpha value is -1.14. The molecule has 2 rings (SSSR count). The number of morpholine rings is 1. The topological polar surface area (TPSA) is 65.1 Å². The van der Waals surface area contributed by atoms with Crippen LogP contribution in [-0.4, -0.2) is 62.4 Å². The van der Waals surface area contributed by atoms with Crippen molar-refractivity contribution in [2.45, 2.75) is 45.6 Å². The molecule has 126 valence electrons. The maximum atomic E-state index is 12.4. The quantitative estimate of drug-likeness (QED) is 0.522. The third-order valence-electron chi connectivity index (χ3n) is 4.43. The van der Waals surface area contributed by atoms with Crippen LogP contribution in [0.5, 0.6) is 0 Å². The molecule has 0 bridgehead atoms. The van der Waals surface area contributed by atoms with E-state index in [1.807, 2.05) is 6.92 Å². The molecule has 0 spiro atoms. The molecule has 2 heterocycles. The smallest absolute Gasteiger partial charge is 0.323 e. The van der Waals surface area contributed by atoms with E-state index in [-0.39, 0.29) is 12.7 Å². The fourth-order valence-electron chi connectivity index (χ4n) is 3.17. The first-order chi connectivity index (χ1) is 10.6. The van der Waals surface area contributed by atoms with Crippen LogP contribution >= 0.6 is 0 Å². The van der Waals surface area contributed by atoms with Gasteiger partial charge in [0.2, 0.25) is 0 Å². The van der Waals surface area contributed by atoms with Gasteiger partial charge >= 0.3 is 11.9 Å². The molecule has 2 atom stereocenters. The highest BCUT2D eigenvalue weighted by Crippen LogP contribution is 2.40. The molecule has 6 heteroatoms. The van der Waals surface area contributed by atoms with Crippen LogP contribution in [0.15, 0.2) is 0 Å². The molecule has 0 aromatic rings. The highest BCUT2D eigenvalue weighted by Gasteiger charge is 2.55. The SMILES string of the molecule is CCCC[C@@]1(C(=O)OCC)C[C@H](CN2CCOCC2)OC1=O. The summed E-state index contributed by atoms with van der Waals surface area (Å²) >= 11 is 0. The van der Waals surface area contributed by atoms with Crippen molar-refractivity contribution in [2.75, 3.05) is 39.5 Å². The first kappa shape index (κ1) is 17.2. The maximum Gasteiger partial charge on any atom is 0.323 e. The Morgan fingerprint density at radius 3 is 2.73 bits per heavy atom. The molecule has 0 saturated carbocycles. The molecule has 0 unspecified atom stereocenters. The van der Waals surface area contributed by atoms with Crippen molar-refractivity contribution in [1.82, 2.24) is 4.90 Å². The van der Waals surface area contributed by atoms with Gasteiger partial charge in [-0.15, -0.1) is 0 Å². The zero-order valence-electron chi connectivity index (χ0n) is 13.6. The molecule has 0 radical (unpaired) electrons. The van der Waals surface area contributed by atoms with Gasteiger partial charge in [0, 0.05) is 26.1 Å². The van der Waals surface area contributed by atoms with Gasteiger partial charge in [0.15, 0.2) is 5.41 Å². The molecule has 0 aromatic carbocycles. The van der Waals surface area contributed by atoms with Crippen molar-refractivity contribution in [3.8, 4) is 0 Å². The Labute approximate surface area is 132 Å². The summed E-state index contributed by atoms with van der Waals surface area (Å²) in [6, 6.07) is 0. The Morgan fingerprint density at radius 2 is 2.09 bits per heavy atom. The van der Waals surface area contributed by atoms with E-state index in [1.165, 1.54) is 0 Å². The largest absolute Gasteiger partial charge is 0.465 e. The van der Waals surface area contributed by atoms with E-state index in [0.29, 0.717) is 32.6 Å². The first-order valence-electron chi connectivity index (χ1n) is 8.30. The predicted octanol–water partition coefficient (Wildman–Crippen LogP) is 1.37. The summed E-state index contributed by atoms with van der Waals surface area (Å²) in [5, 5.41) is 0. The summed E-state index contributed by atoms with van der Waals surface area (Å²) in [7, 11) is 0. The second kappa shape index (κ2) is 7.92. The van der Waals surface area contributed by atoms with Crippen molar-refractivity contribution in [2.24, 2.45) is 5.41 Å². The van der Waals surface area contributed by atoms with Gasteiger partial charge in [-0.2, -0.15) is 0 Å². The number of carbonyl (C=O) groups is 2. The van der Waals surface area contributed by atoms with E-state index < -0.39 is 17.4 Å². The third-order valence-corrected chi connectivity index (χ3v) is 4.43. The Balaban J connectivity index is 2.02. The van der Waals surface area contributed by atoms with E-state index in [0.717, 1.165) is 25.9 Å². The van der Waals surface area contributed by atoms with Crippen LogP contribution < -0.4 is 0 Å². The predicted molar refractivity (Wildman–Crippen MR) is 80.3 cm³/mol. The highest BCUT2D eigenvalue weighted by molar-refractivity contribution is 6.01. The molecule has 2 aliphatic heterocycles. The summed E-state index contributed by atoms with van der Waals surface area (Å²) < 4.78 is 16.0. The number of carbonyl (C=O) groups excluding carboxylic acids is 2. The van der Waals surface area contributed by atoms with Crippen LogP contribution in [0, 0.1) is 5.41 Å². The number of rotatable bonds is 7. The van der Waals surface area contributed by atoms with Gasteiger partial charge in [-0.05, 0) is 13.3 Å². The molecule has 0 amide bonds. The molecule has 0 aromatic heterocycles. The Kier molecular flexibility index (Phi) is 6.20. The minimum Gasteiger partial charge on any atom is -0.465 e. The number of nitrogens with zero attached hydrogens (tertiary/aromatic N) is 1. The van der Waals surface area contributed by atoms with Crippen LogP contribution in [-0.2, 0) is 23.8 Å². The third kappa shape index (κ3) is 3.79. The second-order valence-corrected chi connectivity index (χ2v) is 6.05. The number of cyclic esters (lactones) is 1. The highest BCUT2D eigenvalue weighted by atomic mass is 16.6. The maximum absolute atomic E-state index is 12.4. The average molecular weight is 313 g/mol. The van der Waals surface area contributed by atoms with Gasteiger partial charge in [-0.3, -0.25) is 14.5 Å². The van der Waals surface area contributed by atoms with Gasteiger partial charge in [-0.25, -0.2) is 0 Å². The lowest BCUT2D eigenvalue weighted by Gasteiger charge is -2.28. The Bertz CT molecular complexity index is 394. The lowest BCUT2D eigenvalue weighted by Crippen LogP contribution is -2.41. The van der Waals surface area contributed by atoms with Gasteiger partial charge in [0.1, 0.15) is 6.10 Å². The minimum absolute atomic E-state index is 0.230. The summed E-state index contributed by atoms with van der Waals surface area (Å²) in [6.45, 7) is 7.86. The fourth-order valence-corrected chi connectivity index (χ4v) is 3.17. The molecular weight excluding hydrogens is 286 g/mol. The van der Waals surface area contributed by atoms with E-state index in [9.17, 15) is 9.59 Å². The van der Waals surface area contributed by atoms with Gasteiger partial charge in [-0.1, -0.05) is 19.8 Å². The van der Waals surface area contributed by atoms with Gasteiger partial charge in [0.05, 0.1) is 19.8 Å². The molecule has 0 aliphatic carbocycles. The van der Waals surface area contributed by atoms with E-state index in [4.69, 9.17) is 14.2 Å². The Morgan fingerprint density at radius 1 is 1.36 bits per heavy atom. The molecule has 2 saturated heterocycles. The lowest BCUT2D eigenvalue weighted by atomic mass is 9.80. The zero-order chi connectivity index (χ0) is 16.0. The van der Waals surface area contributed by atoms with Crippen molar-refractivity contribution in [1.29, 1.82) is 0 Å². The van der Waals surface area contributed by atoms with Gasteiger partial charge < -0.3 is 14.2 Å². The van der Waals surface area contributed by atoms with Crippen molar-refractivity contribution < 1.29 is 23.8 Å². The van der Waals surface area contributed by atoms with E-state index in [1.54, 1.807) is 6.92 Å². The summed E-state index contributed by atoms with van der Waals surface area (Å²) in [5.41, 5.74) is -1.09. The minimum atomic E-state index is -1.09. The molecule has 0 N–H and O–H groups in total. The summed E-state index contributed by atoms with van der Waals surface area (Å²) in [5.74, 6) is -0.824. The molecule has 6 nitrogen and oxygen atoms in total. The monoisotopic (exact) mass is 313 g/mol. The number of hydrogen-bond acceptors (Lipinski definition) is 6. The number of esters is 2. The molecular formula is C16H27NO5. The first-order valence-corrected chi connectivity index (χ1v) is 8.30. The van der Waals surface area contributed by atoms with Gasteiger partial charge in [0.25, 0.3) is 0 Å². The molecule has 2 aliphatic rings. The van der Waals surface area contributed by atoms with Crippen molar-refractivity contribution >= 4 is 11.9 Å². The van der Waals surface area contributed by atoms with E-state index in [2.05, 4.69) is 4.90 Å². The number of hydrogen-bond donors (Lipinski definition) is 0. The average Bonchev–Trinajstić information content (AvgIpc) is 2.83. The fraction of sp³-hybridized carbons (Fsp3) is 0.875. The van der Waals surface area contributed by atoms with Crippen LogP contribution in [0.25, 0.3) is 0 Å². The number of unbranched alkanes of at least 4 members (excludes halogenated alkanes) is 1. The summed E-state index contributed by atoms with van der Waals surface area (Å²) in [4.78, 5) is 27.0. The van der Waals surface area contributed by atoms with Crippen LogP contribution in [0.1, 0.15) is 39.5 Å². The molecule has 22 heavy (non-hydrogen) atoms. The number of ether oxygens (including phenoxy) is 3. The van der Waals surface area contributed by atoms with Crippen LogP contribution in [0.3, 0.4) is 0 Å². The lowest BCUT2D eigenvalue weighted by molar-refractivity contribution is -0.165. The second-order valence-electron chi connectivity index (χ2n) is 6.05. The van der Waals surface area contributed by atoms with Crippen molar-refractivity contribution in [3.63, 3.8) is 0 Å². The zero-order valence-corrected chi connectivity index (χ0v) is 13.6. The standard InChI is InChI=1S/C16H27NO5/c1-3-5-6-16(14(18)21-4-2)11-13(22-15(16)19)12-17-7-9-20-10-8-17/h13H,3-12H2,1-2H3/t13-,16+/m1/s1. The van der Waals surface area contributed by atoms with Crippen molar-refractivity contribution in [3.05, 3.63) is 0 Å². The van der Waals surface area contributed by atoms with Crippen LogP contribution in [0.4, 0.5) is 0 Å². The van der Waals surface area contributed by atoms with E-state index >= 15 is 0 Å².